The number of ether oxygens (including phenoxy) is 1. The summed E-state index contributed by atoms with van der Waals surface area (Å²) < 4.78 is 20.3. The Labute approximate surface area is 135 Å². The molecule has 7 nitrogen and oxygen atoms in total. The fraction of sp³-hybridized carbons (Fsp3) is 0. The summed E-state index contributed by atoms with van der Waals surface area (Å²) >= 11 is 5.10. The molecular formula is C14H10ClO7P. The largest absolute Gasteiger partial charge is 0.507 e. The van der Waals surface area contributed by atoms with Crippen molar-refractivity contribution in [2.24, 2.45) is 0 Å². The Hall–Kier alpha value is -2.34. The number of carbonyl (C=O) groups excluding carboxylic acids is 2. The molecule has 0 bridgehead atoms. The van der Waals surface area contributed by atoms with Crippen molar-refractivity contribution in [3.05, 3.63) is 59.7 Å². The van der Waals surface area contributed by atoms with Crippen LogP contribution in [0.15, 0.2) is 48.5 Å². The summed E-state index contributed by atoms with van der Waals surface area (Å²) in [5.74, 6) is -2.88. The quantitative estimate of drug-likeness (QED) is 0.492. The number of phenolic OH excluding ortho intramolecular Hbond substituents is 1. The molecule has 1 unspecified atom stereocenters. The predicted molar refractivity (Wildman–Crippen MR) is 80.6 cm³/mol. The van der Waals surface area contributed by atoms with Crippen molar-refractivity contribution in [3.63, 3.8) is 0 Å². The monoisotopic (exact) mass is 356 g/mol. The number of aromatic hydroxyl groups is 1. The van der Waals surface area contributed by atoms with E-state index < -0.39 is 18.9 Å². The molecule has 0 aliphatic carbocycles. The van der Waals surface area contributed by atoms with Crippen LogP contribution < -0.4 is 4.52 Å². The molecule has 1 atom stereocenters. The molecular weight excluding hydrogens is 347 g/mol. The average Bonchev–Trinajstić information content (AvgIpc) is 2.46. The maximum atomic E-state index is 12.0. The molecule has 0 spiro atoms. The fourth-order valence-corrected chi connectivity index (χ4v) is 2.30. The van der Waals surface area contributed by atoms with E-state index in [0.29, 0.717) is 0 Å². The zero-order chi connectivity index (χ0) is 17.0. The lowest BCUT2D eigenvalue weighted by molar-refractivity contribution is 0.0395. The Balaban J connectivity index is 2.23. The molecule has 2 aromatic rings. The second-order valence-electron chi connectivity index (χ2n) is 4.23. The van der Waals surface area contributed by atoms with Crippen molar-refractivity contribution in [2.45, 2.75) is 0 Å². The van der Waals surface area contributed by atoms with Crippen molar-refractivity contribution in [2.75, 3.05) is 0 Å². The van der Waals surface area contributed by atoms with Gasteiger partial charge in [-0.15, -0.1) is 0 Å². The number of hydrogen-bond acceptors (Lipinski definition) is 6. The summed E-state index contributed by atoms with van der Waals surface area (Å²) in [5, 5.41) is 9.55. The van der Waals surface area contributed by atoms with Gasteiger partial charge in [0.15, 0.2) is 0 Å². The number of para-hydroxylation sites is 2. The second kappa shape index (κ2) is 6.83. The van der Waals surface area contributed by atoms with E-state index in [4.69, 9.17) is 16.1 Å². The van der Waals surface area contributed by atoms with Gasteiger partial charge < -0.3 is 19.3 Å². The summed E-state index contributed by atoms with van der Waals surface area (Å²) in [4.78, 5) is 32.9. The first-order valence-electron chi connectivity index (χ1n) is 6.13. The van der Waals surface area contributed by atoms with Gasteiger partial charge in [-0.2, -0.15) is 0 Å². The summed E-state index contributed by atoms with van der Waals surface area (Å²) in [7, 11) is 0. The predicted octanol–water partition coefficient (Wildman–Crippen LogP) is 3.11. The van der Waals surface area contributed by atoms with E-state index in [2.05, 4.69) is 9.26 Å². The molecule has 2 rings (SSSR count). The molecule has 2 aromatic carbocycles. The Kier molecular flexibility index (Phi) is 5.05. The molecule has 0 radical (unpaired) electrons. The molecule has 0 aliphatic rings. The minimum Gasteiger partial charge on any atom is -0.507 e. The number of phenols is 1. The molecule has 0 heterocycles. The van der Waals surface area contributed by atoms with Crippen LogP contribution in [-0.4, -0.2) is 21.9 Å². The van der Waals surface area contributed by atoms with E-state index in [0.717, 1.165) is 0 Å². The Morgan fingerprint density at radius 2 is 1.48 bits per heavy atom. The SMILES string of the molecule is O=C(OC(=O)c1ccccc1OP(=O)(O)Cl)c1ccccc1O. The van der Waals surface area contributed by atoms with Crippen LogP contribution in [0.1, 0.15) is 20.7 Å². The van der Waals surface area contributed by atoms with E-state index in [1.165, 1.54) is 48.5 Å². The van der Waals surface area contributed by atoms with Crippen LogP contribution in [0.2, 0.25) is 0 Å². The van der Waals surface area contributed by atoms with Gasteiger partial charge >= 0.3 is 18.9 Å². The molecule has 0 aromatic heterocycles. The third-order valence-corrected chi connectivity index (χ3v) is 3.26. The number of benzene rings is 2. The molecule has 0 saturated heterocycles. The molecule has 0 saturated carbocycles. The number of rotatable bonds is 4. The smallest absolute Gasteiger partial charge is 0.474 e. The molecule has 2 N–H and O–H groups in total. The van der Waals surface area contributed by atoms with Crippen molar-refractivity contribution >= 4 is 30.1 Å². The lowest BCUT2D eigenvalue weighted by atomic mass is 10.2. The maximum absolute atomic E-state index is 12.0. The van der Waals surface area contributed by atoms with Crippen LogP contribution >= 0.6 is 18.2 Å². The summed E-state index contributed by atoms with van der Waals surface area (Å²) in [5.41, 5.74) is -0.476. The molecule has 0 aliphatic heterocycles. The summed E-state index contributed by atoms with van der Waals surface area (Å²) in [6, 6.07) is 10.8. The standard InChI is InChI=1S/C14H10ClO7P/c15-23(19,20)22-12-8-4-2-6-10(12)14(18)21-13(17)9-5-1-3-7-11(9)16/h1-8,16H,(H,19,20). The van der Waals surface area contributed by atoms with Gasteiger partial charge in [0.1, 0.15) is 22.6 Å². The molecule has 9 heteroatoms. The van der Waals surface area contributed by atoms with E-state index in [1.807, 2.05) is 0 Å². The highest BCUT2D eigenvalue weighted by Gasteiger charge is 2.24. The van der Waals surface area contributed by atoms with Gasteiger partial charge in [-0.25, -0.2) is 14.2 Å². The number of esters is 2. The van der Waals surface area contributed by atoms with Gasteiger partial charge in [0.25, 0.3) is 0 Å². The Morgan fingerprint density at radius 3 is 2.09 bits per heavy atom. The Bertz CT molecular complexity index is 799. The fourth-order valence-electron chi connectivity index (χ4n) is 1.68. The van der Waals surface area contributed by atoms with Crippen molar-refractivity contribution in [3.8, 4) is 11.5 Å². The first-order valence-corrected chi connectivity index (χ1v) is 8.62. The minimum atomic E-state index is -4.41. The van der Waals surface area contributed by atoms with Crippen LogP contribution in [0.3, 0.4) is 0 Å². The highest BCUT2D eigenvalue weighted by atomic mass is 35.7. The lowest BCUT2D eigenvalue weighted by Crippen LogP contribution is -2.13. The molecule has 120 valence electrons. The zero-order valence-corrected chi connectivity index (χ0v) is 13.0. The lowest BCUT2D eigenvalue weighted by Gasteiger charge is -2.10. The second-order valence-corrected chi connectivity index (χ2v) is 6.60. The normalized spacial score (nSPS) is 13.0. The van der Waals surface area contributed by atoms with E-state index in [1.54, 1.807) is 0 Å². The zero-order valence-electron chi connectivity index (χ0n) is 11.4. The van der Waals surface area contributed by atoms with Crippen LogP contribution in [0.5, 0.6) is 11.5 Å². The van der Waals surface area contributed by atoms with E-state index in [-0.39, 0.29) is 22.6 Å². The third-order valence-electron chi connectivity index (χ3n) is 2.63. The number of carbonyl (C=O) groups is 2. The molecule has 0 fully saturated rings. The van der Waals surface area contributed by atoms with E-state index in [9.17, 15) is 19.3 Å². The minimum absolute atomic E-state index is 0.204. The Morgan fingerprint density at radius 1 is 0.957 bits per heavy atom. The molecule has 23 heavy (non-hydrogen) atoms. The van der Waals surface area contributed by atoms with E-state index >= 15 is 0 Å². The summed E-state index contributed by atoms with van der Waals surface area (Å²) in [6.45, 7) is -4.41. The topological polar surface area (TPSA) is 110 Å². The van der Waals surface area contributed by atoms with Gasteiger partial charge in [-0.3, -0.25) is 0 Å². The first kappa shape index (κ1) is 17.0. The number of halogens is 1. The van der Waals surface area contributed by atoms with Crippen LogP contribution in [0, 0.1) is 0 Å². The van der Waals surface area contributed by atoms with Crippen LogP contribution in [-0.2, 0) is 9.30 Å². The highest BCUT2D eigenvalue weighted by molar-refractivity contribution is 7.80. The van der Waals surface area contributed by atoms with Crippen LogP contribution in [0.25, 0.3) is 0 Å². The molecule has 0 amide bonds. The first-order chi connectivity index (χ1) is 10.8. The van der Waals surface area contributed by atoms with Gasteiger partial charge in [-0.05, 0) is 24.3 Å². The van der Waals surface area contributed by atoms with Crippen LogP contribution in [0.4, 0.5) is 0 Å². The number of hydrogen-bond donors (Lipinski definition) is 2. The average molecular weight is 357 g/mol. The van der Waals surface area contributed by atoms with Crippen molar-refractivity contribution in [1.29, 1.82) is 0 Å². The van der Waals surface area contributed by atoms with Gasteiger partial charge in [0.2, 0.25) is 0 Å². The van der Waals surface area contributed by atoms with Crippen molar-refractivity contribution < 1.29 is 33.4 Å². The van der Waals surface area contributed by atoms with Gasteiger partial charge in [0, 0.05) is 11.2 Å². The maximum Gasteiger partial charge on any atom is 0.474 e. The van der Waals surface area contributed by atoms with Crippen molar-refractivity contribution in [1.82, 2.24) is 0 Å². The van der Waals surface area contributed by atoms with Gasteiger partial charge in [0.05, 0.1) is 0 Å². The van der Waals surface area contributed by atoms with Gasteiger partial charge in [-0.1, -0.05) is 24.3 Å². The third kappa shape index (κ3) is 4.56. The summed E-state index contributed by atoms with van der Waals surface area (Å²) in [6.07, 6.45) is 0. The highest BCUT2D eigenvalue weighted by Crippen LogP contribution is 2.48.